The largest absolute Gasteiger partial charge is 0.539 e. The zero-order chi connectivity index (χ0) is 28.7. The second-order valence-corrected chi connectivity index (χ2v) is 7.89. The summed E-state index contributed by atoms with van der Waals surface area (Å²) < 4.78 is 31.9. The number of carboxylic acids is 2. The number of esters is 1. The smallest absolute Gasteiger partial charge is 0.351 e. The van der Waals surface area contributed by atoms with Gasteiger partial charge in [0.25, 0.3) is 0 Å². The maximum Gasteiger partial charge on any atom is 0.351 e. The van der Waals surface area contributed by atoms with Gasteiger partial charge in [0.2, 0.25) is 5.75 Å². The topological polar surface area (TPSA) is 154 Å². The van der Waals surface area contributed by atoms with Gasteiger partial charge in [-0.3, -0.25) is 0 Å². The van der Waals surface area contributed by atoms with Gasteiger partial charge in [-0.25, -0.2) is 9.59 Å². The summed E-state index contributed by atoms with van der Waals surface area (Å²) in [5, 5.41) is 16.3. The Balaban J connectivity index is 0.00000107. The Bertz CT molecular complexity index is 1030. The Morgan fingerprint density at radius 3 is 1.84 bits per heavy atom. The van der Waals surface area contributed by atoms with Crippen LogP contribution >= 0.6 is 0 Å². The number of rotatable bonds is 13. The molecule has 0 saturated carbocycles. The van der Waals surface area contributed by atoms with Crippen LogP contribution in [0.3, 0.4) is 0 Å². The molecule has 2 aromatic carbocycles. The first-order valence-electron chi connectivity index (χ1n) is 11.5. The Morgan fingerprint density at radius 2 is 1.37 bits per heavy atom. The molecular formula is C26H35NO11. The number of methoxy groups -OCH3 is 5. The molecule has 1 unspecified atom stereocenters. The summed E-state index contributed by atoms with van der Waals surface area (Å²) in [6.07, 6.45) is 1.67. The van der Waals surface area contributed by atoms with Crippen molar-refractivity contribution >= 4 is 17.9 Å². The third-order valence-electron chi connectivity index (χ3n) is 5.34. The van der Waals surface area contributed by atoms with E-state index in [0.29, 0.717) is 29.4 Å². The molecule has 2 N–H and O–H groups in total. The highest BCUT2D eigenvalue weighted by Gasteiger charge is 2.18. The van der Waals surface area contributed by atoms with Crippen LogP contribution in [-0.4, -0.2) is 85.3 Å². The number of likely N-dealkylation sites (N-methyl/N-ethyl adjacent to an activating group) is 1. The van der Waals surface area contributed by atoms with Crippen molar-refractivity contribution in [3.63, 3.8) is 0 Å². The van der Waals surface area contributed by atoms with E-state index in [0.717, 1.165) is 37.4 Å². The molecule has 0 spiro atoms. The van der Waals surface area contributed by atoms with E-state index in [4.69, 9.17) is 48.2 Å². The van der Waals surface area contributed by atoms with Crippen LogP contribution in [0.4, 0.5) is 0 Å². The lowest BCUT2D eigenvalue weighted by molar-refractivity contribution is -0.879. The van der Waals surface area contributed by atoms with Crippen molar-refractivity contribution in [3.8, 4) is 28.7 Å². The lowest BCUT2D eigenvalue weighted by atomic mass is 10.1. The summed E-state index contributed by atoms with van der Waals surface area (Å²) in [6.45, 7) is 2.18. The van der Waals surface area contributed by atoms with Crippen molar-refractivity contribution in [3.05, 3.63) is 41.5 Å². The molecule has 38 heavy (non-hydrogen) atoms. The van der Waals surface area contributed by atoms with E-state index in [1.165, 1.54) is 31.8 Å². The van der Waals surface area contributed by atoms with Gasteiger partial charge in [0.15, 0.2) is 29.0 Å². The summed E-state index contributed by atoms with van der Waals surface area (Å²) in [6, 6.07) is 9.15. The number of carbonyl (C=O) groups is 3. The summed E-state index contributed by atoms with van der Waals surface area (Å²) >= 11 is 0. The van der Waals surface area contributed by atoms with E-state index >= 15 is 0 Å². The monoisotopic (exact) mass is 537 g/mol. The predicted molar refractivity (Wildman–Crippen MR) is 134 cm³/mol. The van der Waals surface area contributed by atoms with E-state index in [1.54, 1.807) is 26.4 Å². The first-order valence-corrected chi connectivity index (χ1v) is 11.5. The van der Waals surface area contributed by atoms with E-state index < -0.39 is 17.9 Å². The number of carboxylic acid groups (broad SMARTS) is 2. The standard InChI is InChI=1S/C24H33NO7.C2H2O4/c1-25(12-10-17-8-9-19(27-2)20(14-17)28-3)11-7-13-32-24(26)18-15-21(29-4)23(31-6)22(16-18)30-5;3-1(4)2(5)6/h8-9,14-16H,7,10-13H2,1-6H3;(H,3,4)(H,5,6). The number of hydrogen-bond donors (Lipinski definition) is 2. The van der Waals surface area contributed by atoms with Gasteiger partial charge < -0.3 is 48.3 Å². The van der Waals surface area contributed by atoms with Gasteiger partial charge in [0.1, 0.15) is 0 Å². The summed E-state index contributed by atoms with van der Waals surface area (Å²) in [4.78, 5) is 31.8. The molecule has 0 heterocycles. The maximum absolute atomic E-state index is 12.4. The summed E-state index contributed by atoms with van der Waals surface area (Å²) in [7, 11) is 9.92. The first kappa shape index (κ1) is 31.8. The molecule has 210 valence electrons. The minimum absolute atomic E-state index is 0.337. The Morgan fingerprint density at radius 1 is 0.816 bits per heavy atom. The van der Waals surface area contributed by atoms with Gasteiger partial charge in [0.05, 0.1) is 67.9 Å². The van der Waals surface area contributed by atoms with Crippen LogP contribution in [0.2, 0.25) is 0 Å². The molecule has 1 atom stereocenters. The zero-order valence-corrected chi connectivity index (χ0v) is 22.5. The van der Waals surface area contributed by atoms with Crippen LogP contribution < -0.4 is 33.7 Å². The van der Waals surface area contributed by atoms with Gasteiger partial charge in [-0.2, -0.15) is 0 Å². The number of aliphatic carboxylic acids is 2. The second-order valence-electron chi connectivity index (χ2n) is 7.89. The molecule has 0 saturated heterocycles. The third kappa shape index (κ3) is 10.1. The van der Waals surface area contributed by atoms with Crippen molar-refractivity contribution in [1.29, 1.82) is 0 Å². The lowest BCUT2D eigenvalue weighted by Gasteiger charge is -2.15. The van der Waals surface area contributed by atoms with Gasteiger partial charge in [-0.1, -0.05) is 6.07 Å². The third-order valence-corrected chi connectivity index (χ3v) is 5.34. The van der Waals surface area contributed by atoms with Crippen LogP contribution in [0.15, 0.2) is 30.3 Å². The minimum Gasteiger partial charge on any atom is -0.539 e. The number of nitrogens with one attached hydrogen (secondary N) is 1. The van der Waals surface area contributed by atoms with Crippen molar-refractivity contribution in [2.24, 2.45) is 0 Å². The van der Waals surface area contributed by atoms with Gasteiger partial charge in [-0.05, 0) is 29.8 Å². The molecular weight excluding hydrogens is 502 g/mol. The SMILES string of the molecule is COc1ccc(CC[NH+](C)CCCOC(=O)c2cc(OC)c(OC)c(OC)c2)cc1OC.O=C([O-])C(=O)O. The number of quaternary nitrogens is 1. The number of benzene rings is 2. The lowest BCUT2D eigenvalue weighted by Crippen LogP contribution is -3.09. The summed E-state index contributed by atoms with van der Waals surface area (Å²) in [5.74, 6) is -1.70. The molecule has 0 aromatic heterocycles. The molecule has 0 bridgehead atoms. The van der Waals surface area contributed by atoms with Crippen LogP contribution in [0.5, 0.6) is 28.7 Å². The van der Waals surface area contributed by atoms with Crippen LogP contribution in [0, 0.1) is 0 Å². The fourth-order valence-corrected chi connectivity index (χ4v) is 3.34. The van der Waals surface area contributed by atoms with Crippen molar-refractivity contribution < 1.29 is 57.9 Å². The van der Waals surface area contributed by atoms with Gasteiger partial charge in [0, 0.05) is 12.8 Å². The molecule has 2 aromatic rings. The van der Waals surface area contributed by atoms with Crippen molar-refractivity contribution in [2.45, 2.75) is 12.8 Å². The Labute approximate surface area is 221 Å². The zero-order valence-electron chi connectivity index (χ0n) is 22.5. The average Bonchev–Trinajstić information content (AvgIpc) is 2.93. The molecule has 12 nitrogen and oxygen atoms in total. The summed E-state index contributed by atoms with van der Waals surface area (Å²) in [5.41, 5.74) is 1.55. The van der Waals surface area contributed by atoms with Crippen molar-refractivity contribution in [1.82, 2.24) is 0 Å². The fraction of sp³-hybridized carbons (Fsp3) is 0.423. The number of hydrogen-bond acceptors (Lipinski definition) is 10. The number of ether oxygens (including phenoxy) is 6. The van der Waals surface area contributed by atoms with Crippen LogP contribution in [0.25, 0.3) is 0 Å². The van der Waals surface area contributed by atoms with Crippen LogP contribution in [0.1, 0.15) is 22.3 Å². The average molecular weight is 538 g/mol. The highest BCUT2D eigenvalue weighted by molar-refractivity contribution is 6.26. The number of carbonyl (C=O) groups excluding carboxylic acids is 2. The Hall–Kier alpha value is -4.19. The molecule has 2 rings (SSSR count). The predicted octanol–water partition coefficient (Wildman–Crippen LogP) is -0.145. The molecule has 0 fully saturated rings. The highest BCUT2D eigenvalue weighted by atomic mass is 16.5. The fourth-order valence-electron chi connectivity index (χ4n) is 3.34. The van der Waals surface area contributed by atoms with E-state index in [2.05, 4.69) is 7.05 Å². The molecule has 0 amide bonds. The van der Waals surface area contributed by atoms with Gasteiger partial charge >= 0.3 is 11.9 Å². The molecule has 0 aliphatic carbocycles. The Kier molecular flexibility index (Phi) is 13.9. The van der Waals surface area contributed by atoms with E-state index in [9.17, 15) is 4.79 Å². The molecule has 12 heteroatoms. The second kappa shape index (κ2) is 16.5. The van der Waals surface area contributed by atoms with E-state index in [1.807, 2.05) is 18.2 Å². The highest BCUT2D eigenvalue weighted by Crippen LogP contribution is 2.38. The minimum atomic E-state index is -2.07. The molecule has 0 aliphatic heterocycles. The molecule has 0 radical (unpaired) electrons. The van der Waals surface area contributed by atoms with Crippen LogP contribution in [-0.2, 0) is 20.7 Å². The van der Waals surface area contributed by atoms with E-state index in [-0.39, 0.29) is 0 Å². The normalized spacial score (nSPS) is 10.8. The quantitative estimate of drug-likeness (QED) is 0.199. The maximum atomic E-state index is 12.4. The molecule has 0 aliphatic rings. The van der Waals surface area contributed by atoms with Crippen molar-refractivity contribution in [2.75, 3.05) is 62.3 Å². The first-order chi connectivity index (χ1) is 18.1. The van der Waals surface area contributed by atoms with Gasteiger partial charge in [-0.15, -0.1) is 0 Å².